The molecule has 0 heterocycles. The predicted octanol–water partition coefficient (Wildman–Crippen LogP) is 8.41. The highest BCUT2D eigenvalue weighted by Gasteiger charge is 2.15. The van der Waals surface area contributed by atoms with Crippen LogP contribution in [-0.2, 0) is 11.2 Å². The summed E-state index contributed by atoms with van der Waals surface area (Å²) in [5, 5.41) is 0. The lowest BCUT2D eigenvalue weighted by Gasteiger charge is -2.14. The fourth-order valence-electron chi connectivity index (χ4n) is 3.57. The predicted molar refractivity (Wildman–Crippen MR) is 127 cm³/mol. The van der Waals surface area contributed by atoms with Gasteiger partial charge >= 0.3 is 0 Å². The molecular formula is C27H46O. The molecule has 1 nitrogen and oxygen atoms in total. The van der Waals surface area contributed by atoms with E-state index < -0.39 is 0 Å². The molecule has 1 aliphatic carbocycles. The van der Waals surface area contributed by atoms with E-state index in [1.54, 1.807) is 14.2 Å². The van der Waals surface area contributed by atoms with E-state index in [1.165, 1.54) is 69.8 Å². The van der Waals surface area contributed by atoms with E-state index in [4.69, 9.17) is 0 Å². The first-order chi connectivity index (χ1) is 13.7. The maximum Gasteiger partial charge on any atom is 0.0351 e. The molecule has 0 spiro atoms. The molecule has 1 unspecified atom stereocenters. The van der Waals surface area contributed by atoms with Gasteiger partial charge in [0.15, 0.2) is 0 Å². The second-order valence-electron chi connectivity index (χ2n) is 8.05. The van der Waals surface area contributed by atoms with Crippen LogP contribution in [0.15, 0.2) is 55.1 Å². The fraction of sp³-hybridized carbons (Fsp3) is 0.630. The molecule has 0 amide bonds. The summed E-state index contributed by atoms with van der Waals surface area (Å²) in [6.45, 7) is 8.11. The molecule has 1 aliphatic rings. The first-order valence-corrected chi connectivity index (χ1v) is 11.3. The highest BCUT2D eigenvalue weighted by atomic mass is 16.4. The molecule has 160 valence electrons. The van der Waals surface area contributed by atoms with Crippen LogP contribution in [0.3, 0.4) is 0 Å². The minimum atomic E-state index is 0.899. The van der Waals surface area contributed by atoms with Crippen molar-refractivity contribution < 1.29 is 4.74 Å². The molecule has 1 aromatic rings. The summed E-state index contributed by atoms with van der Waals surface area (Å²) >= 11 is 0. The highest BCUT2D eigenvalue weighted by molar-refractivity contribution is 5.14. The minimum absolute atomic E-state index is 0.899. The molecule has 0 saturated heterocycles. The van der Waals surface area contributed by atoms with Gasteiger partial charge in [-0.3, -0.25) is 0 Å². The number of methoxy groups -OCH3 is 1. The number of unbranched alkanes of at least 4 members (excludes halogenated alkanes) is 2. The van der Waals surface area contributed by atoms with Crippen LogP contribution in [0.2, 0.25) is 0 Å². The first-order valence-electron chi connectivity index (χ1n) is 11.3. The number of benzene rings is 1. The summed E-state index contributed by atoms with van der Waals surface area (Å²) < 4.78 is 4.25. The molecule has 2 rings (SSSR count). The molecule has 1 atom stereocenters. The number of hydrogen-bond acceptors (Lipinski definition) is 1. The number of ether oxygens (including phenoxy) is 1. The third-order valence-corrected chi connectivity index (χ3v) is 5.33. The molecule has 28 heavy (non-hydrogen) atoms. The lowest BCUT2D eigenvalue weighted by Crippen LogP contribution is -2.01. The summed E-state index contributed by atoms with van der Waals surface area (Å²) in [7, 11) is 3.25. The quantitative estimate of drug-likeness (QED) is 0.290. The van der Waals surface area contributed by atoms with Gasteiger partial charge in [0, 0.05) is 14.2 Å². The SMILES string of the molecule is C=CCCC/C=C\C.CC(CCc1ccccc1)CCC1CCCC1.COC. The Hall–Kier alpha value is -1.34. The van der Waals surface area contributed by atoms with Crippen LogP contribution in [-0.4, -0.2) is 14.2 Å². The van der Waals surface area contributed by atoms with Crippen molar-refractivity contribution >= 4 is 0 Å². The van der Waals surface area contributed by atoms with Crippen molar-refractivity contribution in [1.29, 1.82) is 0 Å². The zero-order chi connectivity index (χ0) is 20.9. The van der Waals surface area contributed by atoms with E-state index in [2.05, 4.69) is 60.7 Å². The van der Waals surface area contributed by atoms with Gasteiger partial charge in [0.25, 0.3) is 0 Å². The Morgan fingerprint density at radius 3 is 2.29 bits per heavy atom. The van der Waals surface area contributed by atoms with Crippen LogP contribution in [0.1, 0.15) is 83.6 Å². The van der Waals surface area contributed by atoms with Crippen LogP contribution in [0.25, 0.3) is 0 Å². The highest BCUT2D eigenvalue weighted by Crippen LogP contribution is 2.30. The van der Waals surface area contributed by atoms with Crippen molar-refractivity contribution in [1.82, 2.24) is 0 Å². The second-order valence-corrected chi connectivity index (χ2v) is 8.05. The Morgan fingerprint density at radius 1 is 1.07 bits per heavy atom. The van der Waals surface area contributed by atoms with Crippen molar-refractivity contribution in [3.63, 3.8) is 0 Å². The Bertz CT molecular complexity index is 456. The lowest BCUT2D eigenvalue weighted by molar-refractivity contribution is 0.277. The van der Waals surface area contributed by atoms with Gasteiger partial charge < -0.3 is 4.74 Å². The van der Waals surface area contributed by atoms with Gasteiger partial charge in [0.1, 0.15) is 0 Å². The summed E-state index contributed by atoms with van der Waals surface area (Å²) in [4.78, 5) is 0. The molecule has 0 aliphatic heterocycles. The molecule has 1 saturated carbocycles. The van der Waals surface area contributed by atoms with Gasteiger partial charge in [0.2, 0.25) is 0 Å². The largest absolute Gasteiger partial charge is 0.388 e. The van der Waals surface area contributed by atoms with Gasteiger partial charge in [-0.2, -0.15) is 0 Å². The summed E-state index contributed by atoms with van der Waals surface area (Å²) in [6, 6.07) is 10.9. The van der Waals surface area contributed by atoms with Crippen LogP contribution in [0.4, 0.5) is 0 Å². The van der Waals surface area contributed by atoms with Crippen LogP contribution in [0, 0.1) is 11.8 Å². The van der Waals surface area contributed by atoms with Gasteiger partial charge in [-0.25, -0.2) is 0 Å². The van der Waals surface area contributed by atoms with E-state index >= 15 is 0 Å². The van der Waals surface area contributed by atoms with E-state index in [0.717, 1.165) is 18.3 Å². The monoisotopic (exact) mass is 386 g/mol. The Morgan fingerprint density at radius 2 is 1.71 bits per heavy atom. The summed E-state index contributed by atoms with van der Waals surface area (Å²) in [6.07, 6.45) is 21.3. The number of allylic oxidation sites excluding steroid dienone is 3. The smallest absolute Gasteiger partial charge is 0.0351 e. The molecular weight excluding hydrogens is 340 g/mol. The Labute approximate surface area is 176 Å². The van der Waals surface area contributed by atoms with Crippen molar-refractivity contribution in [3.8, 4) is 0 Å². The van der Waals surface area contributed by atoms with E-state index in [9.17, 15) is 0 Å². The fourth-order valence-corrected chi connectivity index (χ4v) is 3.57. The molecule has 0 radical (unpaired) electrons. The van der Waals surface area contributed by atoms with Gasteiger partial charge in [-0.05, 0) is 56.4 Å². The normalized spacial score (nSPS) is 14.7. The van der Waals surface area contributed by atoms with Crippen molar-refractivity contribution in [2.45, 2.75) is 84.5 Å². The third kappa shape index (κ3) is 16.8. The lowest BCUT2D eigenvalue weighted by atomic mass is 9.92. The minimum Gasteiger partial charge on any atom is -0.388 e. The van der Waals surface area contributed by atoms with Gasteiger partial charge in [-0.1, -0.05) is 94.0 Å². The van der Waals surface area contributed by atoms with Crippen LogP contribution in [0.5, 0.6) is 0 Å². The van der Waals surface area contributed by atoms with Gasteiger partial charge in [0.05, 0.1) is 0 Å². The molecule has 0 bridgehead atoms. The van der Waals surface area contributed by atoms with E-state index in [-0.39, 0.29) is 0 Å². The average Bonchev–Trinajstić information content (AvgIpc) is 3.24. The molecule has 1 heteroatoms. The number of hydrogen-bond donors (Lipinski definition) is 0. The van der Waals surface area contributed by atoms with Crippen molar-refractivity contribution in [2.24, 2.45) is 11.8 Å². The van der Waals surface area contributed by atoms with Crippen molar-refractivity contribution in [3.05, 3.63) is 60.7 Å². The number of rotatable bonds is 10. The van der Waals surface area contributed by atoms with Crippen molar-refractivity contribution in [2.75, 3.05) is 14.2 Å². The zero-order valence-corrected chi connectivity index (χ0v) is 19.2. The Kier molecular flexibility index (Phi) is 19.4. The molecule has 0 aromatic heterocycles. The maximum atomic E-state index is 4.25. The standard InChI is InChI=1S/C17H26.C8H14.C2H6O/c1-15(12-14-17-9-5-6-10-17)11-13-16-7-3-2-4-8-16;1-3-5-7-8-6-4-2;1-3-2/h2-4,7-8,15,17H,5-6,9-14H2,1H3;3-4,6H,1,5,7-8H2,2H3;1-2H3/b;6-4-;. The van der Waals surface area contributed by atoms with Crippen LogP contribution < -0.4 is 0 Å². The topological polar surface area (TPSA) is 9.23 Å². The third-order valence-electron chi connectivity index (χ3n) is 5.33. The molecule has 0 N–H and O–H groups in total. The second kappa shape index (κ2) is 20.4. The van der Waals surface area contributed by atoms with Gasteiger partial charge in [-0.15, -0.1) is 6.58 Å². The summed E-state index contributed by atoms with van der Waals surface area (Å²) in [5.41, 5.74) is 1.50. The molecule has 1 fully saturated rings. The van der Waals surface area contributed by atoms with E-state index in [0.29, 0.717) is 0 Å². The van der Waals surface area contributed by atoms with Crippen LogP contribution >= 0.6 is 0 Å². The zero-order valence-electron chi connectivity index (χ0n) is 19.2. The Balaban J connectivity index is 0.000000558. The van der Waals surface area contributed by atoms with E-state index in [1.807, 2.05) is 13.0 Å². The number of aryl methyl sites for hydroxylation is 1. The maximum absolute atomic E-state index is 4.25. The average molecular weight is 387 g/mol. The first kappa shape index (κ1) is 26.7. The molecule has 1 aromatic carbocycles. The summed E-state index contributed by atoms with van der Waals surface area (Å²) in [5.74, 6) is 1.96.